The van der Waals surface area contributed by atoms with Gasteiger partial charge >= 0.3 is 23.9 Å². The summed E-state index contributed by atoms with van der Waals surface area (Å²) in [7, 11) is 0. The fraction of sp³-hybridized carbons (Fsp3) is 0.381. The van der Waals surface area contributed by atoms with Crippen molar-refractivity contribution in [2.45, 2.75) is 50.6 Å². The molecule has 1 unspecified atom stereocenters. The second-order valence-corrected chi connectivity index (χ2v) is 7.01. The van der Waals surface area contributed by atoms with Crippen LogP contribution < -0.4 is 5.73 Å². The summed E-state index contributed by atoms with van der Waals surface area (Å²) in [6.07, 6.45) is -13.7. The minimum Gasteiger partial charge on any atom is -0.366 e. The summed E-state index contributed by atoms with van der Waals surface area (Å²) in [4.78, 5) is 11.8. The summed E-state index contributed by atoms with van der Waals surface area (Å²) >= 11 is 0. The van der Waals surface area contributed by atoms with E-state index in [4.69, 9.17) is 5.73 Å². The number of carbonyl (C=O) groups is 1. The van der Waals surface area contributed by atoms with Crippen LogP contribution in [0.1, 0.15) is 40.9 Å². The number of amides is 1. The van der Waals surface area contributed by atoms with Crippen LogP contribution in [0.25, 0.3) is 11.1 Å². The normalized spacial score (nSPS) is 14.8. The van der Waals surface area contributed by atoms with E-state index in [2.05, 4.69) is 0 Å². The van der Waals surface area contributed by atoms with Gasteiger partial charge in [-0.2, -0.15) is 35.1 Å². The maximum absolute atomic E-state index is 15.0. The van der Waals surface area contributed by atoms with Crippen LogP contribution in [0.4, 0.5) is 39.5 Å². The van der Waals surface area contributed by atoms with Gasteiger partial charge in [0, 0.05) is 11.1 Å². The standard InChI is InChI=1S/C21H18F9NO/c1-3-11-9-13(18(22,20(25,26)27)19(23,24)21(28,29)30)10-12(4-2)16(11)14-7-5-6-8-15(14)17(31)32/h5-10H,3-4H2,1-2H3,(H2,31,32). The molecule has 2 rings (SSSR count). The highest BCUT2D eigenvalue weighted by atomic mass is 19.4. The molecule has 1 amide bonds. The summed E-state index contributed by atoms with van der Waals surface area (Å²) in [6, 6.07) is 6.30. The lowest BCUT2D eigenvalue weighted by Gasteiger charge is -2.37. The molecule has 0 saturated heterocycles. The Morgan fingerprint density at radius 1 is 0.812 bits per heavy atom. The smallest absolute Gasteiger partial charge is 0.366 e. The summed E-state index contributed by atoms with van der Waals surface area (Å²) in [6.45, 7) is 2.79. The first-order valence-corrected chi connectivity index (χ1v) is 9.30. The van der Waals surface area contributed by atoms with Gasteiger partial charge in [-0.1, -0.05) is 44.2 Å². The molecule has 0 fully saturated rings. The van der Waals surface area contributed by atoms with Crippen LogP contribution in [0.15, 0.2) is 36.4 Å². The molecule has 1 atom stereocenters. The molecule has 0 bridgehead atoms. The Kier molecular flexibility index (Phi) is 6.64. The molecular formula is C21H18F9NO. The van der Waals surface area contributed by atoms with Crippen molar-refractivity contribution in [3.63, 3.8) is 0 Å². The van der Waals surface area contributed by atoms with E-state index < -0.39 is 35.4 Å². The maximum atomic E-state index is 15.0. The number of carbonyl (C=O) groups excluding carboxylic acids is 1. The summed E-state index contributed by atoms with van der Waals surface area (Å²) < 4.78 is 122. The zero-order valence-corrected chi connectivity index (χ0v) is 16.8. The van der Waals surface area contributed by atoms with Crippen molar-refractivity contribution in [3.8, 4) is 11.1 Å². The van der Waals surface area contributed by atoms with Gasteiger partial charge in [0.05, 0.1) is 0 Å². The average molecular weight is 471 g/mol. The largest absolute Gasteiger partial charge is 0.457 e. The molecule has 2 aromatic rings. The highest BCUT2D eigenvalue weighted by Gasteiger charge is 2.81. The fourth-order valence-corrected chi connectivity index (χ4v) is 3.50. The second kappa shape index (κ2) is 8.32. The van der Waals surface area contributed by atoms with Gasteiger partial charge in [-0.3, -0.25) is 4.79 Å². The Labute approximate surface area is 177 Å². The summed E-state index contributed by atoms with van der Waals surface area (Å²) in [5.41, 5.74) is -2.69. The van der Waals surface area contributed by atoms with Crippen LogP contribution in [0.5, 0.6) is 0 Å². The van der Waals surface area contributed by atoms with Crippen LogP contribution in [-0.4, -0.2) is 24.2 Å². The van der Waals surface area contributed by atoms with Crippen LogP contribution >= 0.6 is 0 Å². The van der Waals surface area contributed by atoms with Crippen LogP contribution in [-0.2, 0) is 18.5 Å². The zero-order valence-electron chi connectivity index (χ0n) is 16.8. The van der Waals surface area contributed by atoms with Crippen molar-refractivity contribution in [2.24, 2.45) is 5.73 Å². The fourth-order valence-electron chi connectivity index (χ4n) is 3.50. The van der Waals surface area contributed by atoms with Gasteiger partial charge in [-0.15, -0.1) is 0 Å². The predicted octanol–water partition coefficient (Wildman–Crippen LogP) is 6.50. The lowest BCUT2D eigenvalue weighted by Crippen LogP contribution is -2.59. The van der Waals surface area contributed by atoms with Crippen molar-refractivity contribution in [1.82, 2.24) is 0 Å². The van der Waals surface area contributed by atoms with E-state index >= 15 is 4.39 Å². The zero-order chi connectivity index (χ0) is 24.7. The Bertz CT molecular complexity index is 986. The first-order chi connectivity index (χ1) is 14.5. The number of alkyl halides is 9. The van der Waals surface area contributed by atoms with Gasteiger partial charge in [0.1, 0.15) is 0 Å². The Hall–Kier alpha value is -2.72. The molecule has 0 aromatic heterocycles. The number of primary amides is 1. The van der Waals surface area contributed by atoms with Crippen molar-refractivity contribution < 1.29 is 44.3 Å². The van der Waals surface area contributed by atoms with Gasteiger partial charge in [0.2, 0.25) is 5.91 Å². The Morgan fingerprint density at radius 3 is 1.66 bits per heavy atom. The third kappa shape index (κ3) is 3.93. The number of rotatable bonds is 6. The molecule has 2 aromatic carbocycles. The van der Waals surface area contributed by atoms with Gasteiger partial charge in [0.15, 0.2) is 0 Å². The van der Waals surface area contributed by atoms with Gasteiger partial charge < -0.3 is 5.73 Å². The second-order valence-electron chi connectivity index (χ2n) is 7.01. The third-order valence-corrected chi connectivity index (χ3v) is 5.10. The topological polar surface area (TPSA) is 43.1 Å². The van der Waals surface area contributed by atoms with Gasteiger partial charge in [0.25, 0.3) is 0 Å². The minimum absolute atomic E-state index is 0.0485. The molecule has 0 saturated carbocycles. The highest BCUT2D eigenvalue weighted by molar-refractivity contribution is 6.00. The molecule has 0 heterocycles. The molecule has 2 N–H and O–H groups in total. The van der Waals surface area contributed by atoms with E-state index in [-0.39, 0.29) is 40.7 Å². The van der Waals surface area contributed by atoms with Crippen molar-refractivity contribution >= 4 is 5.91 Å². The molecule has 32 heavy (non-hydrogen) atoms. The summed E-state index contributed by atoms with van der Waals surface area (Å²) in [5.74, 6) is -7.66. The number of halogens is 9. The van der Waals surface area contributed by atoms with Crippen molar-refractivity contribution in [2.75, 3.05) is 0 Å². The van der Waals surface area contributed by atoms with E-state index in [1.54, 1.807) is 0 Å². The molecule has 2 nitrogen and oxygen atoms in total. The van der Waals surface area contributed by atoms with E-state index in [9.17, 15) is 39.9 Å². The van der Waals surface area contributed by atoms with E-state index in [0.717, 1.165) is 0 Å². The number of benzene rings is 2. The highest BCUT2D eigenvalue weighted by Crippen LogP contribution is 2.58. The van der Waals surface area contributed by atoms with Crippen LogP contribution in [0, 0.1) is 0 Å². The summed E-state index contributed by atoms with van der Waals surface area (Å²) in [5, 5.41) is 0. The number of aryl methyl sites for hydroxylation is 2. The van der Waals surface area contributed by atoms with E-state index in [1.165, 1.54) is 38.1 Å². The molecule has 176 valence electrons. The first kappa shape index (κ1) is 25.5. The van der Waals surface area contributed by atoms with Crippen LogP contribution in [0.3, 0.4) is 0 Å². The maximum Gasteiger partial charge on any atom is 0.457 e. The number of hydrogen-bond donors (Lipinski definition) is 1. The van der Waals surface area contributed by atoms with Crippen LogP contribution in [0.2, 0.25) is 0 Å². The predicted molar refractivity (Wildman–Crippen MR) is 99.0 cm³/mol. The SMILES string of the molecule is CCc1cc(C(F)(C(F)(F)F)C(F)(F)C(F)(F)F)cc(CC)c1-c1ccccc1C(N)=O. The Morgan fingerprint density at radius 2 is 1.28 bits per heavy atom. The molecule has 0 spiro atoms. The van der Waals surface area contributed by atoms with Gasteiger partial charge in [-0.05, 0) is 41.2 Å². The Balaban J connectivity index is 2.96. The van der Waals surface area contributed by atoms with Crippen molar-refractivity contribution in [1.29, 1.82) is 0 Å². The molecule has 0 aliphatic heterocycles. The van der Waals surface area contributed by atoms with E-state index in [0.29, 0.717) is 12.1 Å². The average Bonchev–Trinajstić information content (AvgIpc) is 2.70. The van der Waals surface area contributed by atoms with E-state index in [1.807, 2.05) is 0 Å². The molecule has 11 heteroatoms. The number of hydrogen-bond acceptors (Lipinski definition) is 1. The minimum atomic E-state index is -6.81. The van der Waals surface area contributed by atoms with Crippen molar-refractivity contribution in [3.05, 3.63) is 58.7 Å². The lowest BCUT2D eigenvalue weighted by molar-refractivity contribution is -0.389. The molecular weight excluding hydrogens is 453 g/mol. The first-order valence-electron chi connectivity index (χ1n) is 9.30. The number of nitrogens with two attached hydrogens (primary N) is 1. The molecule has 0 radical (unpaired) electrons. The monoisotopic (exact) mass is 471 g/mol. The van der Waals surface area contributed by atoms with Gasteiger partial charge in [-0.25, -0.2) is 4.39 Å². The lowest BCUT2D eigenvalue weighted by atomic mass is 9.81. The third-order valence-electron chi connectivity index (χ3n) is 5.10. The molecule has 0 aliphatic carbocycles. The molecule has 0 aliphatic rings. The quantitative estimate of drug-likeness (QED) is 0.480.